The van der Waals surface area contributed by atoms with E-state index in [1.807, 2.05) is 0 Å². The topological polar surface area (TPSA) is 101 Å². The second-order valence-corrected chi connectivity index (χ2v) is 8.32. The van der Waals surface area contributed by atoms with E-state index >= 15 is 0 Å². The number of carbonyl (C=O) groups excluding carboxylic acids is 1. The van der Waals surface area contributed by atoms with E-state index in [2.05, 4.69) is 12.2 Å². The van der Waals surface area contributed by atoms with Gasteiger partial charge in [0, 0.05) is 12.8 Å². The average molecular weight is 305 g/mol. The van der Waals surface area contributed by atoms with Crippen LogP contribution in [0.5, 0.6) is 0 Å². The summed E-state index contributed by atoms with van der Waals surface area (Å²) in [5.41, 5.74) is -0.959. The highest BCUT2D eigenvalue weighted by molar-refractivity contribution is 7.92. The molecule has 1 amide bonds. The largest absolute Gasteiger partial charge is 0.481 e. The van der Waals surface area contributed by atoms with Gasteiger partial charge in [0.2, 0.25) is 5.91 Å². The Morgan fingerprint density at radius 3 is 2.25 bits per heavy atom. The molecule has 7 heteroatoms. The lowest BCUT2D eigenvalue weighted by molar-refractivity contribution is -0.151. The van der Waals surface area contributed by atoms with Crippen LogP contribution in [0.1, 0.15) is 39.5 Å². The van der Waals surface area contributed by atoms with E-state index in [-0.39, 0.29) is 6.54 Å². The summed E-state index contributed by atoms with van der Waals surface area (Å²) in [6, 6.07) is 0. The van der Waals surface area contributed by atoms with Gasteiger partial charge in [-0.3, -0.25) is 9.59 Å². The maximum Gasteiger partial charge on any atom is 0.311 e. The molecular weight excluding hydrogens is 282 g/mol. The van der Waals surface area contributed by atoms with Gasteiger partial charge in [-0.25, -0.2) is 8.42 Å². The van der Waals surface area contributed by atoms with E-state index < -0.39 is 32.4 Å². The highest BCUT2D eigenvalue weighted by Gasteiger charge is 2.41. The van der Waals surface area contributed by atoms with Crippen LogP contribution < -0.4 is 5.32 Å². The summed E-state index contributed by atoms with van der Waals surface area (Å²) in [5, 5.41) is 10.8. The fourth-order valence-corrected chi connectivity index (χ4v) is 2.85. The monoisotopic (exact) mass is 305 g/mol. The molecule has 1 aliphatic rings. The molecule has 1 saturated carbocycles. The number of carboxylic acids is 1. The maximum absolute atomic E-state index is 11.8. The Bertz CT molecular complexity index is 477. The van der Waals surface area contributed by atoms with Gasteiger partial charge in [-0.05, 0) is 38.5 Å². The molecule has 1 unspecified atom stereocenters. The highest BCUT2D eigenvalue weighted by Crippen LogP contribution is 2.38. The summed E-state index contributed by atoms with van der Waals surface area (Å²) >= 11 is 0. The molecule has 6 nitrogen and oxygen atoms in total. The van der Waals surface area contributed by atoms with Crippen LogP contribution in [0, 0.1) is 11.3 Å². The van der Waals surface area contributed by atoms with Gasteiger partial charge in [0.15, 0.2) is 9.84 Å². The van der Waals surface area contributed by atoms with Crippen LogP contribution in [0.25, 0.3) is 0 Å². The summed E-state index contributed by atoms with van der Waals surface area (Å²) < 4.78 is 22.6. The number of hydrogen-bond donors (Lipinski definition) is 2. The van der Waals surface area contributed by atoms with Crippen LogP contribution in [0.2, 0.25) is 0 Å². The van der Waals surface area contributed by atoms with Crippen molar-refractivity contribution in [3.63, 3.8) is 0 Å². The van der Waals surface area contributed by atoms with Gasteiger partial charge in [-0.1, -0.05) is 6.92 Å². The van der Waals surface area contributed by atoms with Gasteiger partial charge in [-0.2, -0.15) is 0 Å². The Balaban J connectivity index is 2.70. The number of hydrogen-bond acceptors (Lipinski definition) is 4. The summed E-state index contributed by atoms with van der Waals surface area (Å²) in [7, 11) is -3.46. The Hall–Kier alpha value is -1.11. The van der Waals surface area contributed by atoms with Gasteiger partial charge < -0.3 is 10.4 Å². The van der Waals surface area contributed by atoms with E-state index in [4.69, 9.17) is 0 Å². The molecule has 20 heavy (non-hydrogen) atoms. The number of sulfone groups is 1. The molecular formula is C13H23NO5S. The Morgan fingerprint density at radius 2 is 1.85 bits per heavy atom. The summed E-state index contributed by atoms with van der Waals surface area (Å²) in [6.07, 6.45) is 3.63. The molecule has 2 N–H and O–H groups in total. The second-order valence-electron chi connectivity index (χ2n) is 5.96. The molecule has 0 aliphatic heterocycles. The van der Waals surface area contributed by atoms with Crippen molar-refractivity contribution >= 4 is 21.7 Å². The quantitative estimate of drug-likeness (QED) is 0.783. The Labute approximate surface area is 119 Å². The maximum atomic E-state index is 11.8. The minimum Gasteiger partial charge on any atom is -0.481 e. The standard InChI is InChI=1S/C13H23NO5S/c1-9-4-6-13(7-5-9,12(16)17)8-14-11(15)10(2)20(3,18)19/h9-10H,4-8H2,1-3H3,(H,14,15)(H,16,17). The SMILES string of the molecule is CC1CCC(CNC(=O)C(C)S(C)(=O)=O)(C(=O)O)CC1. The molecule has 0 saturated heterocycles. The van der Waals surface area contributed by atoms with Crippen molar-refractivity contribution in [2.75, 3.05) is 12.8 Å². The summed E-state index contributed by atoms with van der Waals surface area (Å²) in [4.78, 5) is 23.3. The van der Waals surface area contributed by atoms with Crippen molar-refractivity contribution in [3.05, 3.63) is 0 Å². The predicted octanol–water partition coefficient (Wildman–Crippen LogP) is 0.817. The first-order valence-electron chi connectivity index (χ1n) is 6.78. The fourth-order valence-electron chi connectivity index (χ4n) is 2.38. The second kappa shape index (κ2) is 6.11. The van der Waals surface area contributed by atoms with Crippen LogP contribution in [0.15, 0.2) is 0 Å². The highest BCUT2D eigenvalue weighted by atomic mass is 32.2. The molecule has 0 aromatic rings. The van der Waals surface area contributed by atoms with E-state index in [0.717, 1.165) is 19.1 Å². The molecule has 116 valence electrons. The minimum absolute atomic E-state index is 0.00620. The first kappa shape index (κ1) is 16.9. The van der Waals surface area contributed by atoms with Gasteiger partial charge in [0.05, 0.1) is 5.41 Å². The zero-order valence-corrected chi connectivity index (χ0v) is 13.0. The van der Waals surface area contributed by atoms with Crippen LogP contribution in [0.3, 0.4) is 0 Å². The smallest absolute Gasteiger partial charge is 0.311 e. The van der Waals surface area contributed by atoms with Crippen molar-refractivity contribution in [2.24, 2.45) is 11.3 Å². The summed E-state index contributed by atoms with van der Waals surface area (Å²) in [6.45, 7) is 3.38. The Morgan fingerprint density at radius 1 is 1.35 bits per heavy atom. The lowest BCUT2D eigenvalue weighted by Crippen LogP contribution is -2.48. The van der Waals surface area contributed by atoms with Crippen LogP contribution in [-0.2, 0) is 19.4 Å². The molecule has 0 bridgehead atoms. The van der Waals surface area contributed by atoms with E-state index in [1.54, 1.807) is 0 Å². The van der Waals surface area contributed by atoms with Crippen molar-refractivity contribution in [3.8, 4) is 0 Å². The van der Waals surface area contributed by atoms with E-state index in [1.165, 1.54) is 6.92 Å². The number of amides is 1. The van der Waals surface area contributed by atoms with Crippen molar-refractivity contribution in [1.82, 2.24) is 5.32 Å². The van der Waals surface area contributed by atoms with Gasteiger partial charge in [0.1, 0.15) is 5.25 Å². The third-order valence-electron chi connectivity index (χ3n) is 4.30. The van der Waals surface area contributed by atoms with Gasteiger partial charge >= 0.3 is 5.97 Å². The zero-order chi connectivity index (χ0) is 15.6. The summed E-state index contributed by atoms with van der Waals surface area (Å²) in [5.74, 6) is -1.06. The molecule has 1 aliphatic carbocycles. The average Bonchev–Trinajstić information content (AvgIpc) is 2.35. The first-order chi connectivity index (χ1) is 9.08. The molecule has 0 aromatic heterocycles. The van der Waals surface area contributed by atoms with Crippen LogP contribution >= 0.6 is 0 Å². The van der Waals surface area contributed by atoms with Crippen molar-refractivity contribution in [1.29, 1.82) is 0 Å². The fraction of sp³-hybridized carbons (Fsp3) is 0.846. The predicted molar refractivity (Wildman–Crippen MR) is 75.0 cm³/mol. The molecule has 1 atom stereocenters. The molecule has 1 fully saturated rings. The number of rotatable bonds is 5. The van der Waals surface area contributed by atoms with Crippen LogP contribution in [0.4, 0.5) is 0 Å². The normalized spacial score (nSPS) is 28.6. The van der Waals surface area contributed by atoms with E-state index in [9.17, 15) is 23.1 Å². The third-order valence-corrected chi connectivity index (χ3v) is 5.80. The Kier molecular flexibility index (Phi) is 5.18. The molecule has 0 radical (unpaired) electrons. The lowest BCUT2D eigenvalue weighted by atomic mass is 9.71. The minimum atomic E-state index is -3.46. The van der Waals surface area contributed by atoms with E-state index in [0.29, 0.717) is 18.8 Å². The third kappa shape index (κ3) is 3.94. The van der Waals surface area contributed by atoms with Crippen molar-refractivity contribution < 1.29 is 23.1 Å². The number of aliphatic carboxylic acids is 1. The van der Waals surface area contributed by atoms with Crippen LogP contribution in [-0.4, -0.2) is 43.5 Å². The number of carbonyl (C=O) groups is 2. The molecule has 0 aromatic carbocycles. The van der Waals surface area contributed by atoms with Gasteiger partial charge in [0.25, 0.3) is 0 Å². The first-order valence-corrected chi connectivity index (χ1v) is 8.74. The number of carboxylic acid groups (broad SMARTS) is 1. The van der Waals surface area contributed by atoms with Gasteiger partial charge in [-0.15, -0.1) is 0 Å². The molecule has 0 heterocycles. The molecule has 0 spiro atoms. The lowest BCUT2D eigenvalue weighted by Gasteiger charge is -2.36. The zero-order valence-electron chi connectivity index (χ0n) is 12.2. The number of nitrogens with one attached hydrogen (secondary N) is 1. The molecule has 1 rings (SSSR count). The van der Waals surface area contributed by atoms with Crippen molar-refractivity contribution in [2.45, 2.75) is 44.8 Å².